The Labute approximate surface area is 159 Å². The quantitative estimate of drug-likeness (QED) is 0.768. The fourth-order valence-electron chi connectivity index (χ4n) is 4.70. The van der Waals surface area contributed by atoms with Gasteiger partial charge in [0.15, 0.2) is 11.4 Å². The first kappa shape index (κ1) is 16.9. The third-order valence-corrected chi connectivity index (χ3v) is 6.19. The Morgan fingerprint density at radius 3 is 2.67 bits per heavy atom. The van der Waals surface area contributed by atoms with E-state index in [2.05, 4.69) is 28.8 Å². The largest absolute Gasteiger partial charge is 0.432 e. The van der Waals surface area contributed by atoms with Crippen molar-refractivity contribution >= 4 is 28.0 Å². The molecule has 0 bridgehead atoms. The predicted molar refractivity (Wildman–Crippen MR) is 107 cm³/mol. The number of nitrogens with one attached hydrogen (secondary N) is 1. The number of anilines is 1. The second kappa shape index (κ2) is 6.75. The molecule has 0 unspecified atom stereocenters. The highest BCUT2D eigenvalue weighted by Crippen LogP contribution is 2.38. The van der Waals surface area contributed by atoms with Crippen LogP contribution in [0.1, 0.15) is 43.0 Å². The first-order valence-corrected chi connectivity index (χ1v) is 10.4. The number of nitrogens with zero attached hydrogens (tertiary/aromatic N) is 4. The zero-order valence-corrected chi connectivity index (χ0v) is 16.3. The van der Waals surface area contributed by atoms with Gasteiger partial charge in [-0.2, -0.15) is 0 Å². The molecule has 0 spiro atoms. The lowest BCUT2D eigenvalue weighted by Crippen LogP contribution is -3.12. The van der Waals surface area contributed by atoms with E-state index in [0.717, 1.165) is 79.9 Å². The van der Waals surface area contributed by atoms with E-state index in [4.69, 9.17) is 9.40 Å². The summed E-state index contributed by atoms with van der Waals surface area (Å²) in [4.78, 5) is 18.1. The van der Waals surface area contributed by atoms with Crippen LogP contribution in [0.4, 0.5) is 5.82 Å². The number of hydrogen-bond donors (Lipinski definition) is 1. The summed E-state index contributed by atoms with van der Waals surface area (Å²) in [5.74, 6) is 0.937. The van der Waals surface area contributed by atoms with Crippen LogP contribution >= 0.6 is 0 Å². The van der Waals surface area contributed by atoms with E-state index in [1.165, 1.54) is 29.7 Å². The Morgan fingerprint density at radius 2 is 1.89 bits per heavy atom. The normalized spacial score (nSPS) is 18.4. The maximum absolute atomic E-state index is 6.33. The highest BCUT2D eigenvalue weighted by atomic mass is 16.3. The molecular weight excluding hydrogens is 338 g/mol. The number of likely N-dealkylation sites (N-methyl/N-ethyl adjacent to an activating group) is 1. The number of furan rings is 1. The van der Waals surface area contributed by atoms with Crippen LogP contribution in [0.2, 0.25) is 0 Å². The van der Waals surface area contributed by atoms with Gasteiger partial charge < -0.3 is 14.2 Å². The zero-order valence-electron chi connectivity index (χ0n) is 16.3. The maximum atomic E-state index is 6.33. The van der Waals surface area contributed by atoms with Crippen LogP contribution < -0.4 is 9.80 Å². The Balaban J connectivity index is 1.71. The lowest BCUT2D eigenvalue weighted by atomic mass is 9.88. The van der Waals surface area contributed by atoms with Crippen molar-refractivity contribution in [3.05, 3.63) is 23.1 Å². The van der Waals surface area contributed by atoms with Gasteiger partial charge in [-0.15, -0.1) is 0 Å². The summed E-state index contributed by atoms with van der Waals surface area (Å²) in [7, 11) is 2.25. The second-order valence-corrected chi connectivity index (χ2v) is 8.07. The molecule has 1 aliphatic carbocycles. The summed E-state index contributed by atoms with van der Waals surface area (Å²) in [5.41, 5.74) is 6.66. The monoisotopic (exact) mass is 366 g/mol. The Kier molecular flexibility index (Phi) is 4.23. The van der Waals surface area contributed by atoms with Gasteiger partial charge in [-0.3, -0.25) is 0 Å². The van der Waals surface area contributed by atoms with Crippen molar-refractivity contribution in [1.29, 1.82) is 0 Å². The van der Waals surface area contributed by atoms with E-state index in [0.29, 0.717) is 0 Å². The summed E-state index contributed by atoms with van der Waals surface area (Å²) in [6.45, 7) is 6.47. The van der Waals surface area contributed by atoms with E-state index in [1.807, 2.05) is 0 Å². The molecule has 1 N–H and O–H groups in total. The van der Waals surface area contributed by atoms with Crippen LogP contribution in [0.25, 0.3) is 22.2 Å². The lowest BCUT2D eigenvalue weighted by molar-refractivity contribution is -0.880. The Hall–Kier alpha value is -2.21. The molecular formula is C21H28N5O+. The molecule has 0 radical (unpaired) electrons. The SMILES string of the molecule is CCCc1nc2oc3c(N4CC[NH+](C)CC4)ncnc3c2c2c1CCCC2. The van der Waals surface area contributed by atoms with Crippen LogP contribution in [-0.4, -0.2) is 48.2 Å². The van der Waals surface area contributed by atoms with Gasteiger partial charge in [0, 0.05) is 5.69 Å². The van der Waals surface area contributed by atoms with Crippen LogP contribution in [0.15, 0.2) is 10.7 Å². The summed E-state index contributed by atoms with van der Waals surface area (Å²) < 4.78 is 6.33. The molecule has 142 valence electrons. The smallest absolute Gasteiger partial charge is 0.229 e. The summed E-state index contributed by atoms with van der Waals surface area (Å²) >= 11 is 0. The Morgan fingerprint density at radius 1 is 1.11 bits per heavy atom. The first-order chi connectivity index (χ1) is 13.3. The van der Waals surface area contributed by atoms with Gasteiger partial charge in [-0.25, -0.2) is 15.0 Å². The van der Waals surface area contributed by atoms with E-state index >= 15 is 0 Å². The van der Waals surface area contributed by atoms with Gasteiger partial charge in [0.05, 0.1) is 38.6 Å². The van der Waals surface area contributed by atoms with Gasteiger partial charge in [0.25, 0.3) is 0 Å². The number of aromatic nitrogens is 3. The highest BCUT2D eigenvalue weighted by Gasteiger charge is 2.27. The van der Waals surface area contributed by atoms with Gasteiger partial charge >= 0.3 is 0 Å². The van der Waals surface area contributed by atoms with Crippen molar-refractivity contribution < 1.29 is 9.32 Å². The molecule has 0 amide bonds. The van der Waals surface area contributed by atoms with Gasteiger partial charge in [-0.05, 0) is 43.2 Å². The fraction of sp³-hybridized carbons (Fsp3) is 0.571. The molecule has 0 aromatic carbocycles. The number of quaternary nitrogens is 1. The van der Waals surface area contributed by atoms with Crippen molar-refractivity contribution in [3.8, 4) is 0 Å². The lowest BCUT2D eigenvalue weighted by Gasteiger charge is -2.30. The highest BCUT2D eigenvalue weighted by molar-refractivity contribution is 6.06. The number of piperazine rings is 1. The number of rotatable bonds is 3. The number of pyridine rings is 1. The molecule has 0 saturated carbocycles. The molecule has 27 heavy (non-hydrogen) atoms. The fourth-order valence-corrected chi connectivity index (χ4v) is 4.70. The molecule has 1 aliphatic heterocycles. The van der Waals surface area contributed by atoms with E-state index in [-0.39, 0.29) is 0 Å². The van der Waals surface area contributed by atoms with Crippen molar-refractivity contribution in [2.45, 2.75) is 45.4 Å². The van der Waals surface area contributed by atoms with Gasteiger partial charge in [-0.1, -0.05) is 13.3 Å². The molecule has 6 heteroatoms. The average molecular weight is 366 g/mol. The summed E-state index contributed by atoms with van der Waals surface area (Å²) in [6, 6.07) is 0. The molecule has 3 aromatic heterocycles. The average Bonchev–Trinajstić information content (AvgIpc) is 3.07. The zero-order chi connectivity index (χ0) is 18.4. The van der Waals surface area contributed by atoms with Crippen LogP contribution in [0.3, 0.4) is 0 Å². The first-order valence-electron chi connectivity index (χ1n) is 10.4. The third kappa shape index (κ3) is 2.78. The van der Waals surface area contributed by atoms with Crippen LogP contribution in [0.5, 0.6) is 0 Å². The standard InChI is InChI=1S/C21H27N5O/c1-3-6-16-14-7-4-5-8-15(14)17-18-19(27-21(17)24-16)20(23-13-22-18)26-11-9-25(2)10-12-26/h13H,3-12H2,1-2H3/p+1. The number of aryl methyl sites for hydroxylation is 2. The predicted octanol–water partition coefficient (Wildman–Crippen LogP) is 1.94. The van der Waals surface area contributed by atoms with Crippen LogP contribution in [0, 0.1) is 0 Å². The molecule has 3 aromatic rings. The van der Waals surface area contributed by atoms with Crippen molar-refractivity contribution in [3.63, 3.8) is 0 Å². The molecule has 1 saturated heterocycles. The molecule has 1 fully saturated rings. The van der Waals surface area contributed by atoms with E-state index < -0.39 is 0 Å². The van der Waals surface area contributed by atoms with Gasteiger partial charge in [0.1, 0.15) is 11.8 Å². The molecule has 4 heterocycles. The summed E-state index contributed by atoms with van der Waals surface area (Å²) in [6.07, 6.45) is 8.58. The van der Waals surface area contributed by atoms with Crippen molar-refractivity contribution in [2.75, 3.05) is 38.1 Å². The van der Waals surface area contributed by atoms with Crippen molar-refractivity contribution in [2.24, 2.45) is 0 Å². The third-order valence-electron chi connectivity index (χ3n) is 6.19. The van der Waals surface area contributed by atoms with E-state index in [9.17, 15) is 0 Å². The second-order valence-electron chi connectivity index (χ2n) is 8.07. The topological polar surface area (TPSA) is 59.5 Å². The van der Waals surface area contributed by atoms with E-state index in [1.54, 1.807) is 11.2 Å². The minimum absolute atomic E-state index is 0.760. The molecule has 0 atom stereocenters. The van der Waals surface area contributed by atoms with Crippen LogP contribution in [-0.2, 0) is 19.3 Å². The summed E-state index contributed by atoms with van der Waals surface area (Å²) in [5, 5.41) is 1.14. The molecule has 2 aliphatic rings. The number of hydrogen-bond acceptors (Lipinski definition) is 5. The van der Waals surface area contributed by atoms with Gasteiger partial charge in [0.2, 0.25) is 5.71 Å². The molecule has 5 rings (SSSR count). The number of fused-ring (bicyclic) bond motifs is 5. The minimum Gasteiger partial charge on any atom is -0.432 e. The maximum Gasteiger partial charge on any atom is 0.229 e. The molecule has 6 nitrogen and oxygen atoms in total. The minimum atomic E-state index is 0.760. The Bertz CT molecular complexity index is 987. The van der Waals surface area contributed by atoms with Crippen molar-refractivity contribution in [1.82, 2.24) is 15.0 Å².